The fourth-order valence-electron chi connectivity index (χ4n) is 4.20. The van der Waals surface area contributed by atoms with Gasteiger partial charge in [0.05, 0.1) is 33.4 Å². The molecule has 158 valence electrons. The van der Waals surface area contributed by atoms with Crippen LogP contribution in [0.15, 0.2) is 54.6 Å². The van der Waals surface area contributed by atoms with E-state index in [1.807, 2.05) is 42.5 Å². The Morgan fingerprint density at radius 1 is 0.806 bits per heavy atom. The van der Waals surface area contributed by atoms with Crippen molar-refractivity contribution in [2.45, 2.75) is 19.6 Å². The van der Waals surface area contributed by atoms with Gasteiger partial charge in [-0.15, -0.1) is 11.3 Å². The molecule has 0 aliphatic heterocycles. The van der Waals surface area contributed by atoms with E-state index in [1.165, 1.54) is 14.2 Å². The number of benzene rings is 3. The number of esters is 2. The molecule has 31 heavy (non-hydrogen) atoms. The lowest BCUT2D eigenvalue weighted by Crippen LogP contribution is -2.43. The molecule has 4 rings (SSSR count). The third kappa shape index (κ3) is 3.46. The maximum atomic E-state index is 13.2. The number of thiophene rings is 1. The SMILES string of the molecule is COC(=O)c1c(C(=O)OC)c([Si](C)(C)C)c2c(sc3ccccc32)c1-c1ccccc1. The minimum absolute atomic E-state index is 0.289. The second kappa shape index (κ2) is 7.94. The molecule has 0 saturated carbocycles. The zero-order valence-electron chi connectivity index (χ0n) is 18.2. The monoisotopic (exact) mass is 448 g/mol. The molecule has 1 heterocycles. The topological polar surface area (TPSA) is 52.6 Å². The molecule has 0 saturated heterocycles. The van der Waals surface area contributed by atoms with Gasteiger partial charge in [-0.1, -0.05) is 68.2 Å². The van der Waals surface area contributed by atoms with E-state index in [9.17, 15) is 9.59 Å². The zero-order chi connectivity index (χ0) is 22.3. The van der Waals surface area contributed by atoms with Crippen LogP contribution in [0.3, 0.4) is 0 Å². The number of carbonyl (C=O) groups is 2. The third-order valence-corrected chi connectivity index (χ3v) is 8.60. The Kier molecular flexibility index (Phi) is 5.45. The molecular weight excluding hydrogens is 424 g/mol. The number of rotatable bonds is 4. The first-order valence-electron chi connectivity index (χ1n) is 10.0. The number of hydrogen-bond donors (Lipinski definition) is 0. The van der Waals surface area contributed by atoms with Crippen molar-refractivity contribution in [3.8, 4) is 11.1 Å². The minimum atomic E-state index is -2.12. The van der Waals surface area contributed by atoms with Gasteiger partial charge in [0.25, 0.3) is 0 Å². The highest BCUT2D eigenvalue weighted by atomic mass is 32.1. The molecular formula is C25H24O4SSi. The summed E-state index contributed by atoms with van der Waals surface area (Å²) in [6, 6.07) is 17.9. The molecule has 0 amide bonds. The highest BCUT2D eigenvalue weighted by molar-refractivity contribution is 7.26. The third-order valence-electron chi connectivity index (χ3n) is 5.41. The fourth-order valence-corrected chi connectivity index (χ4v) is 7.56. The summed E-state index contributed by atoms with van der Waals surface area (Å²) in [5.74, 6) is -1.04. The molecule has 6 heteroatoms. The normalized spacial score (nSPS) is 11.6. The van der Waals surface area contributed by atoms with Gasteiger partial charge in [-0.25, -0.2) is 9.59 Å². The molecule has 4 aromatic rings. The number of hydrogen-bond acceptors (Lipinski definition) is 5. The van der Waals surface area contributed by atoms with Crippen LogP contribution in [0, 0.1) is 0 Å². The fraction of sp³-hybridized carbons (Fsp3) is 0.200. The van der Waals surface area contributed by atoms with Gasteiger partial charge >= 0.3 is 11.9 Å². The smallest absolute Gasteiger partial charge is 0.339 e. The second-order valence-corrected chi connectivity index (χ2v) is 14.5. The van der Waals surface area contributed by atoms with Crippen molar-refractivity contribution in [2.75, 3.05) is 14.2 Å². The molecule has 0 radical (unpaired) electrons. The van der Waals surface area contributed by atoms with Crippen molar-refractivity contribution in [2.24, 2.45) is 0 Å². The Labute approximate surface area is 186 Å². The van der Waals surface area contributed by atoms with Gasteiger partial charge < -0.3 is 9.47 Å². The molecule has 0 atom stereocenters. The maximum absolute atomic E-state index is 13.2. The van der Waals surface area contributed by atoms with Crippen molar-refractivity contribution in [1.82, 2.24) is 0 Å². The number of methoxy groups -OCH3 is 2. The summed E-state index contributed by atoms with van der Waals surface area (Å²) in [5.41, 5.74) is 2.22. The Bertz CT molecular complexity index is 1320. The summed E-state index contributed by atoms with van der Waals surface area (Å²) in [6.45, 7) is 6.55. The van der Waals surface area contributed by atoms with Gasteiger partial charge in [0.15, 0.2) is 0 Å². The first kappa shape index (κ1) is 21.3. The Balaban J connectivity index is 2.38. The number of ether oxygens (including phenoxy) is 2. The van der Waals surface area contributed by atoms with Crippen LogP contribution in [0.4, 0.5) is 0 Å². The van der Waals surface area contributed by atoms with Crippen LogP contribution in [0.5, 0.6) is 0 Å². The van der Waals surface area contributed by atoms with E-state index in [0.717, 1.165) is 36.5 Å². The van der Waals surface area contributed by atoms with E-state index >= 15 is 0 Å². The van der Waals surface area contributed by atoms with E-state index in [1.54, 1.807) is 11.3 Å². The summed E-state index contributed by atoms with van der Waals surface area (Å²) in [5, 5.41) is 3.08. The maximum Gasteiger partial charge on any atom is 0.339 e. The zero-order valence-corrected chi connectivity index (χ0v) is 20.1. The van der Waals surface area contributed by atoms with E-state index in [4.69, 9.17) is 9.47 Å². The Morgan fingerprint density at radius 2 is 1.39 bits per heavy atom. The average molecular weight is 449 g/mol. The average Bonchev–Trinajstić information content (AvgIpc) is 3.15. The van der Waals surface area contributed by atoms with Crippen LogP contribution >= 0.6 is 11.3 Å². The molecule has 0 N–H and O–H groups in total. The molecule has 4 nitrogen and oxygen atoms in total. The Hall–Kier alpha value is -2.96. The van der Waals surface area contributed by atoms with E-state index < -0.39 is 20.0 Å². The van der Waals surface area contributed by atoms with Gasteiger partial charge in [0.1, 0.15) is 0 Å². The van der Waals surface area contributed by atoms with Crippen LogP contribution < -0.4 is 5.19 Å². The molecule has 0 unspecified atom stereocenters. The van der Waals surface area contributed by atoms with Gasteiger partial charge in [-0.05, 0) is 16.8 Å². The van der Waals surface area contributed by atoms with E-state index in [-0.39, 0.29) is 5.56 Å². The van der Waals surface area contributed by atoms with Crippen molar-refractivity contribution in [3.05, 3.63) is 65.7 Å². The van der Waals surface area contributed by atoms with Crippen LogP contribution in [-0.2, 0) is 9.47 Å². The van der Waals surface area contributed by atoms with Crippen molar-refractivity contribution >= 4 is 56.7 Å². The van der Waals surface area contributed by atoms with Crippen LogP contribution in [-0.4, -0.2) is 34.2 Å². The van der Waals surface area contributed by atoms with Gasteiger partial charge in [-0.2, -0.15) is 0 Å². The highest BCUT2D eigenvalue weighted by Gasteiger charge is 2.36. The summed E-state index contributed by atoms with van der Waals surface area (Å²) in [6.07, 6.45) is 0. The predicted molar refractivity (Wildman–Crippen MR) is 130 cm³/mol. The molecule has 0 spiro atoms. The lowest BCUT2D eigenvalue weighted by Gasteiger charge is -2.25. The quantitative estimate of drug-likeness (QED) is 0.291. The first-order chi connectivity index (χ1) is 14.8. The van der Waals surface area contributed by atoms with Crippen molar-refractivity contribution < 1.29 is 19.1 Å². The minimum Gasteiger partial charge on any atom is -0.465 e. The van der Waals surface area contributed by atoms with Crippen LogP contribution in [0.25, 0.3) is 31.3 Å². The lowest BCUT2D eigenvalue weighted by atomic mass is 9.92. The van der Waals surface area contributed by atoms with Crippen LogP contribution in [0.2, 0.25) is 19.6 Å². The molecule has 0 fully saturated rings. The predicted octanol–water partition coefficient (Wildman–Crippen LogP) is 5.84. The summed E-state index contributed by atoms with van der Waals surface area (Å²) >= 11 is 1.65. The van der Waals surface area contributed by atoms with Gasteiger partial charge in [0.2, 0.25) is 0 Å². The lowest BCUT2D eigenvalue weighted by molar-refractivity contribution is 0.0557. The molecule has 0 aliphatic carbocycles. The first-order valence-corrected chi connectivity index (χ1v) is 14.3. The highest BCUT2D eigenvalue weighted by Crippen LogP contribution is 2.43. The number of carbonyl (C=O) groups excluding carboxylic acids is 2. The number of fused-ring (bicyclic) bond motifs is 3. The van der Waals surface area contributed by atoms with Crippen LogP contribution in [0.1, 0.15) is 20.7 Å². The molecule has 0 bridgehead atoms. The van der Waals surface area contributed by atoms with Crippen molar-refractivity contribution in [1.29, 1.82) is 0 Å². The molecule has 3 aromatic carbocycles. The molecule has 1 aromatic heterocycles. The summed E-state index contributed by atoms with van der Waals surface area (Å²) in [7, 11) is 0.587. The van der Waals surface area contributed by atoms with Gasteiger partial charge in [-0.3, -0.25) is 0 Å². The largest absolute Gasteiger partial charge is 0.465 e. The summed E-state index contributed by atoms with van der Waals surface area (Å²) < 4.78 is 12.5. The van der Waals surface area contributed by atoms with Gasteiger partial charge in [0, 0.05) is 25.7 Å². The standard InChI is InChI=1S/C25H24O4SSi/c1-28-24(26)20-18(15-11-7-6-8-12-15)22-19(16-13-9-10-14-17(16)30-22)23(31(3,4)5)21(20)25(27)29-2/h6-14H,1-5H3. The van der Waals surface area contributed by atoms with Crippen molar-refractivity contribution in [3.63, 3.8) is 0 Å². The summed E-state index contributed by atoms with van der Waals surface area (Å²) in [4.78, 5) is 26.4. The van der Waals surface area contributed by atoms with E-state index in [2.05, 4.69) is 31.8 Å². The second-order valence-electron chi connectivity index (χ2n) is 8.40. The van der Waals surface area contributed by atoms with E-state index in [0.29, 0.717) is 5.56 Å². The molecule has 0 aliphatic rings. The Morgan fingerprint density at radius 3 is 2.00 bits per heavy atom.